The molecule has 0 aromatic carbocycles. The molecule has 0 unspecified atom stereocenters. The van der Waals surface area contributed by atoms with Crippen LogP contribution in [0.2, 0.25) is 0 Å². The van der Waals surface area contributed by atoms with Crippen molar-refractivity contribution in [2.45, 2.75) is 71.0 Å². The van der Waals surface area contributed by atoms with Crippen LogP contribution in [0.25, 0.3) is 0 Å². The molecule has 4 aliphatic rings. The molecule has 4 rings (SSSR count). The van der Waals surface area contributed by atoms with Gasteiger partial charge >= 0.3 is 0 Å². The normalized spacial score (nSPS) is 59.2. The SMILES string of the molecule is C[C@]12C=C[C@H](O)C[C@@H]1CC[C@H]1[C@H]3CC[C@@H](O)[C@@]3(C)CC[C@@H]12. The summed E-state index contributed by atoms with van der Waals surface area (Å²) in [5.41, 5.74) is 0.472. The number of allylic oxidation sites excluding steroid dienone is 1. The molecule has 0 saturated heterocycles. The van der Waals surface area contributed by atoms with Gasteiger partial charge in [-0.05, 0) is 79.4 Å². The van der Waals surface area contributed by atoms with Crippen molar-refractivity contribution in [1.29, 1.82) is 0 Å². The van der Waals surface area contributed by atoms with Crippen LogP contribution in [0.3, 0.4) is 0 Å². The van der Waals surface area contributed by atoms with Crippen molar-refractivity contribution in [3.63, 3.8) is 0 Å². The van der Waals surface area contributed by atoms with E-state index in [0.717, 1.165) is 30.6 Å². The number of hydrogen-bond donors (Lipinski definition) is 2. The molecular weight excluding hydrogens is 260 g/mol. The van der Waals surface area contributed by atoms with Gasteiger partial charge < -0.3 is 10.2 Å². The number of aliphatic hydroxyl groups is 2. The Kier molecular flexibility index (Phi) is 3.11. The summed E-state index contributed by atoms with van der Waals surface area (Å²) in [6, 6.07) is 0. The second-order valence-electron chi connectivity index (χ2n) is 8.82. The molecule has 118 valence electrons. The minimum Gasteiger partial charge on any atom is -0.393 e. The van der Waals surface area contributed by atoms with Gasteiger partial charge in [-0.1, -0.05) is 26.0 Å². The lowest BCUT2D eigenvalue weighted by atomic mass is 9.46. The van der Waals surface area contributed by atoms with Crippen molar-refractivity contribution in [3.8, 4) is 0 Å². The minimum absolute atomic E-state index is 0.0716. The van der Waals surface area contributed by atoms with Crippen LogP contribution in [-0.4, -0.2) is 22.4 Å². The zero-order chi connectivity index (χ0) is 14.8. The second kappa shape index (κ2) is 4.58. The summed E-state index contributed by atoms with van der Waals surface area (Å²) in [4.78, 5) is 0. The number of aliphatic hydroxyl groups excluding tert-OH is 2. The Labute approximate surface area is 128 Å². The molecule has 3 fully saturated rings. The van der Waals surface area contributed by atoms with Crippen molar-refractivity contribution in [2.75, 3.05) is 0 Å². The van der Waals surface area contributed by atoms with E-state index >= 15 is 0 Å². The topological polar surface area (TPSA) is 40.5 Å². The smallest absolute Gasteiger partial charge is 0.0724 e. The maximum atomic E-state index is 10.5. The van der Waals surface area contributed by atoms with Gasteiger partial charge in [-0.3, -0.25) is 0 Å². The van der Waals surface area contributed by atoms with E-state index in [9.17, 15) is 10.2 Å². The Balaban J connectivity index is 1.67. The molecule has 21 heavy (non-hydrogen) atoms. The molecule has 0 radical (unpaired) electrons. The fourth-order valence-electron chi connectivity index (χ4n) is 6.76. The zero-order valence-electron chi connectivity index (χ0n) is 13.5. The summed E-state index contributed by atoms with van der Waals surface area (Å²) in [5.74, 6) is 2.95. The van der Waals surface area contributed by atoms with E-state index in [-0.39, 0.29) is 23.0 Å². The van der Waals surface area contributed by atoms with E-state index in [1.807, 2.05) is 0 Å². The van der Waals surface area contributed by atoms with Crippen LogP contribution in [0.1, 0.15) is 58.8 Å². The predicted octanol–water partition coefficient (Wildman–Crippen LogP) is 3.53. The Hall–Kier alpha value is -0.340. The van der Waals surface area contributed by atoms with Gasteiger partial charge in [-0.25, -0.2) is 0 Å². The maximum absolute atomic E-state index is 10.5. The van der Waals surface area contributed by atoms with Crippen molar-refractivity contribution in [1.82, 2.24) is 0 Å². The Bertz CT molecular complexity index is 458. The van der Waals surface area contributed by atoms with E-state index in [0.29, 0.717) is 5.92 Å². The fourth-order valence-corrected chi connectivity index (χ4v) is 6.76. The first-order chi connectivity index (χ1) is 9.95. The molecule has 0 bridgehead atoms. The number of fused-ring (bicyclic) bond motifs is 5. The van der Waals surface area contributed by atoms with Gasteiger partial charge in [0.1, 0.15) is 0 Å². The highest BCUT2D eigenvalue weighted by molar-refractivity contribution is 5.17. The van der Waals surface area contributed by atoms with Crippen LogP contribution < -0.4 is 0 Å². The van der Waals surface area contributed by atoms with Gasteiger partial charge in [-0.2, -0.15) is 0 Å². The van der Waals surface area contributed by atoms with Gasteiger partial charge in [-0.15, -0.1) is 0 Å². The Morgan fingerprint density at radius 2 is 1.76 bits per heavy atom. The van der Waals surface area contributed by atoms with Gasteiger partial charge in [0.2, 0.25) is 0 Å². The number of hydrogen-bond acceptors (Lipinski definition) is 2. The van der Waals surface area contributed by atoms with Gasteiger partial charge in [0.25, 0.3) is 0 Å². The minimum atomic E-state index is -0.221. The van der Waals surface area contributed by atoms with Crippen LogP contribution >= 0.6 is 0 Å². The lowest BCUT2D eigenvalue weighted by Gasteiger charge is -2.59. The molecule has 0 aromatic rings. The quantitative estimate of drug-likeness (QED) is 0.670. The monoisotopic (exact) mass is 290 g/mol. The molecular formula is C19H30O2. The summed E-state index contributed by atoms with van der Waals surface area (Å²) < 4.78 is 0. The van der Waals surface area contributed by atoms with Crippen LogP contribution in [0, 0.1) is 34.5 Å². The summed E-state index contributed by atoms with van der Waals surface area (Å²) >= 11 is 0. The van der Waals surface area contributed by atoms with Crippen LogP contribution in [0.5, 0.6) is 0 Å². The number of rotatable bonds is 0. The van der Waals surface area contributed by atoms with Gasteiger partial charge in [0.05, 0.1) is 12.2 Å². The van der Waals surface area contributed by atoms with Crippen molar-refractivity contribution in [2.24, 2.45) is 34.5 Å². The molecule has 2 heteroatoms. The first-order valence-electron chi connectivity index (χ1n) is 9.00. The third-order valence-corrected chi connectivity index (χ3v) is 8.12. The van der Waals surface area contributed by atoms with E-state index < -0.39 is 0 Å². The van der Waals surface area contributed by atoms with Crippen molar-refractivity contribution in [3.05, 3.63) is 12.2 Å². The molecule has 0 aliphatic heterocycles. The lowest BCUT2D eigenvalue weighted by Crippen LogP contribution is -2.53. The molecule has 0 spiro atoms. The summed E-state index contributed by atoms with van der Waals surface area (Å²) in [6.45, 7) is 4.80. The maximum Gasteiger partial charge on any atom is 0.0724 e. The third kappa shape index (κ3) is 1.84. The predicted molar refractivity (Wildman–Crippen MR) is 83.6 cm³/mol. The van der Waals surface area contributed by atoms with Crippen LogP contribution in [0.4, 0.5) is 0 Å². The van der Waals surface area contributed by atoms with Crippen molar-refractivity contribution >= 4 is 0 Å². The Morgan fingerprint density at radius 1 is 0.952 bits per heavy atom. The van der Waals surface area contributed by atoms with E-state index in [4.69, 9.17) is 0 Å². The van der Waals surface area contributed by atoms with Crippen LogP contribution in [0.15, 0.2) is 12.2 Å². The second-order valence-corrected chi connectivity index (χ2v) is 8.82. The third-order valence-electron chi connectivity index (χ3n) is 8.12. The average molecular weight is 290 g/mol. The molecule has 0 aromatic heterocycles. The van der Waals surface area contributed by atoms with E-state index in [1.54, 1.807) is 0 Å². The molecule has 0 heterocycles. The summed E-state index contributed by atoms with van der Waals surface area (Å²) in [5, 5.41) is 20.4. The summed E-state index contributed by atoms with van der Waals surface area (Å²) in [7, 11) is 0. The van der Waals surface area contributed by atoms with Crippen molar-refractivity contribution < 1.29 is 10.2 Å². The highest BCUT2D eigenvalue weighted by Gasteiger charge is 2.59. The molecule has 8 atom stereocenters. The van der Waals surface area contributed by atoms with Gasteiger partial charge in [0, 0.05) is 0 Å². The van der Waals surface area contributed by atoms with E-state index in [1.165, 1.54) is 32.1 Å². The first kappa shape index (κ1) is 14.3. The highest BCUT2D eigenvalue weighted by atomic mass is 16.3. The van der Waals surface area contributed by atoms with Gasteiger partial charge in [0.15, 0.2) is 0 Å². The molecule has 3 saturated carbocycles. The average Bonchev–Trinajstić information content (AvgIpc) is 2.76. The molecule has 4 aliphatic carbocycles. The largest absolute Gasteiger partial charge is 0.393 e. The van der Waals surface area contributed by atoms with Crippen LogP contribution in [-0.2, 0) is 0 Å². The zero-order valence-corrected chi connectivity index (χ0v) is 13.5. The molecule has 2 N–H and O–H groups in total. The first-order valence-corrected chi connectivity index (χ1v) is 9.00. The fraction of sp³-hybridized carbons (Fsp3) is 0.895. The Morgan fingerprint density at radius 3 is 2.57 bits per heavy atom. The van der Waals surface area contributed by atoms with E-state index in [2.05, 4.69) is 26.0 Å². The standard InChI is InChI=1S/C19H30O2/c1-18-9-7-13(20)11-12(18)3-4-14-15-5-6-17(21)19(15,2)10-8-16(14)18/h7,9,12-17,20-21H,3-6,8,10-11H2,1-2H3/t12-,13-,14-,15+,16-,17+,18-,19-/m0/s1. The highest BCUT2D eigenvalue weighted by Crippen LogP contribution is 2.65. The summed E-state index contributed by atoms with van der Waals surface area (Å²) in [6.07, 6.45) is 12.4. The molecule has 0 amide bonds. The lowest BCUT2D eigenvalue weighted by molar-refractivity contribution is -0.0994. The molecule has 2 nitrogen and oxygen atoms in total.